The van der Waals surface area contributed by atoms with Crippen LogP contribution in [0.3, 0.4) is 0 Å². The second-order valence-corrected chi connectivity index (χ2v) is 6.68. The molecule has 0 unspecified atom stereocenters. The second kappa shape index (κ2) is 7.58. The minimum atomic E-state index is 0.438. The Hall–Kier alpha value is -2.52. The lowest BCUT2D eigenvalue weighted by Crippen LogP contribution is -2.33. The van der Waals surface area contributed by atoms with E-state index in [2.05, 4.69) is 57.3 Å². The SMILES string of the molecule is c1ccc([C@H]2CCCCN2Cc2ccc(-c3cccnc3)cc2)nc1. The molecule has 126 valence electrons. The zero-order valence-corrected chi connectivity index (χ0v) is 14.4. The summed E-state index contributed by atoms with van der Waals surface area (Å²) in [6.45, 7) is 2.13. The first-order valence-corrected chi connectivity index (χ1v) is 9.04. The highest BCUT2D eigenvalue weighted by Crippen LogP contribution is 2.31. The molecular formula is C22H23N3. The molecule has 3 heteroatoms. The fraction of sp³-hybridized carbons (Fsp3) is 0.273. The van der Waals surface area contributed by atoms with Crippen LogP contribution in [-0.4, -0.2) is 21.4 Å². The number of nitrogens with zero attached hydrogens (tertiary/aromatic N) is 3. The lowest BCUT2D eigenvalue weighted by atomic mass is 9.97. The molecule has 3 nitrogen and oxygen atoms in total. The van der Waals surface area contributed by atoms with E-state index in [1.807, 2.05) is 30.7 Å². The average molecular weight is 329 g/mol. The molecule has 1 atom stereocenters. The van der Waals surface area contributed by atoms with E-state index in [1.54, 1.807) is 0 Å². The van der Waals surface area contributed by atoms with Gasteiger partial charge in [-0.05, 0) is 54.3 Å². The van der Waals surface area contributed by atoms with Gasteiger partial charge in [0.25, 0.3) is 0 Å². The predicted octanol–water partition coefficient (Wildman–Crippen LogP) is 4.87. The van der Waals surface area contributed by atoms with Crippen molar-refractivity contribution < 1.29 is 0 Å². The fourth-order valence-electron chi connectivity index (χ4n) is 3.66. The van der Waals surface area contributed by atoms with E-state index in [4.69, 9.17) is 0 Å². The Balaban J connectivity index is 1.50. The quantitative estimate of drug-likeness (QED) is 0.684. The molecule has 4 rings (SSSR count). The van der Waals surface area contributed by atoms with Gasteiger partial charge in [0.05, 0.1) is 11.7 Å². The topological polar surface area (TPSA) is 29.0 Å². The van der Waals surface area contributed by atoms with Crippen LogP contribution < -0.4 is 0 Å². The van der Waals surface area contributed by atoms with E-state index < -0.39 is 0 Å². The molecule has 1 fully saturated rings. The Morgan fingerprint density at radius 1 is 0.880 bits per heavy atom. The maximum Gasteiger partial charge on any atom is 0.0575 e. The zero-order chi connectivity index (χ0) is 16.9. The number of aromatic nitrogens is 2. The minimum Gasteiger partial charge on any atom is -0.291 e. The molecule has 3 aromatic rings. The van der Waals surface area contributed by atoms with E-state index >= 15 is 0 Å². The molecule has 2 aromatic heterocycles. The van der Waals surface area contributed by atoms with Gasteiger partial charge in [0.2, 0.25) is 0 Å². The normalized spacial score (nSPS) is 18.2. The third-order valence-electron chi connectivity index (χ3n) is 4.98. The summed E-state index contributed by atoms with van der Waals surface area (Å²) >= 11 is 0. The number of likely N-dealkylation sites (tertiary alicyclic amines) is 1. The minimum absolute atomic E-state index is 0.438. The molecule has 0 N–H and O–H groups in total. The van der Waals surface area contributed by atoms with E-state index in [-0.39, 0.29) is 0 Å². The maximum absolute atomic E-state index is 4.60. The monoisotopic (exact) mass is 329 g/mol. The molecule has 25 heavy (non-hydrogen) atoms. The van der Waals surface area contributed by atoms with Gasteiger partial charge in [0.15, 0.2) is 0 Å². The van der Waals surface area contributed by atoms with Crippen LogP contribution in [0.15, 0.2) is 73.2 Å². The molecule has 0 bridgehead atoms. The highest BCUT2D eigenvalue weighted by Gasteiger charge is 2.24. The van der Waals surface area contributed by atoms with Gasteiger partial charge in [0, 0.05) is 25.1 Å². The van der Waals surface area contributed by atoms with Gasteiger partial charge < -0.3 is 0 Å². The van der Waals surface area contributed by atoms with Crippen LogP contribution >= 0.6 is 0 Å². The predicted molar refractivity (Wildman–Crippen MR) is 101 cm³/mol. The van der Waals surface area contributed by atoms with Crippen molar-refractivity contribution in [2.24, 2.45) is 0 Å². The molecule has 0 radical (unpaired) electrons. The third-order valence-corrected chi connectivity index (χ3v) is 4.98. The van der Waals surface area contributed by atoms with Crippen LogP contribution in [0.2, 0.25) is 0 Å². The lowest BCUT2D eigenvalue weighted by molar-refractivity contribution is 0.137. The van der Waals surface area contributed by atoms with Crippen LogP contribution in [-0.2, 0) is 6.54 Å². The van der Waals surface area contributed by atoms with E-state index in [0.29, 0.717) is 6.04 Å². The Labute approximate surface area is 149 Å². The molecule has 0 aliphatic carbocycles. The molecule has 1 aromatic carbocycles. The number of piperidine rings is 1. The van der Waals surface area contributed by atoms with Gasteiger partial charge in [-0.1, -0.05) is 42.8 Å². The number of rotatable bonds is 4. The second-order valence-electron chi connectivity index (χ2n) is 6.68. The van der Waals surface area contributed by atoms with E-state index in [1.165, 1.54) is 41.6 Å². The molecular weight excluding hydrogens is 306 g/mol. The standard InChI is InChI=1S/C22H23N3/c1-3-14-24-21(7-1)22-8-2-4-15-25(22)17-18-9-11-19(12-10-18)20-6-5-13-23-16-20/h1,3,5-7,9-14,16,22H,2,4,8,15,17H2/t22-/m1/s1. The smallest absolute Gasteiger partial charge is 0.0575 e. The van der Waals surface area contributed by atoms with Crippen molar-refractivity contribution in [1.82, 2.24) is 14.9 Å². The number of benzene rings is 1. The number of pyridine rings is 2. The van der Waals surface area contributed by atoms with Crippen molar-refractivity contribution in [2.45, 2.75) is 31.8 Å². The summed E-state index contributed by atoms with van der Waals surface area (Å²) in [5, 5.41) is 0. The fourth-order valence-corrected chi connectivity index (χ4v) is 3.66. The zero-order valence-electron chi connectivity index (χ0n) is 14.4. The summed E-state index contributed by atoms with van der Waals surface area (Å²) < 4.78 is 0. The Morgan fingerprint density at radius 3 is 2.56 bits per heavy atom. The van der Waals surface area contributed by atoms with Crippen molar-refractivity contribution >= 4 is 0 Å². The summed E-state index contributed by atoms with van der Waals surface area (Å²) in [5.41, 5.74) is 4.94. The van der Waals surface area contributed by atoms with E-state index in [9.17, 15) is 0 Å². The van der Waals surface area contributed by atoms with Gasteiger partial charge in [-0.25, -0.2) is 0 Å². The summed E-state index contributed by atoms with van der Waals surface area (Å²) in [4.78, 5) is 11.4. The molecule has 1 aliphatic heterocycles. The van der Waals surface area contributed by atoms with Gasteiger partial charge >= 0.3 is 0 Å². The van der Waals surface area contributed by atoms with Crippen LogP contribution in [0.4, 0.5) is 0 Å². The van der Waals surface area contributed by atoms with Crippen molar-refractivity contribution in [3.63, 3.8) is 0 Å². The van der Waals surface area contributed by atoms with Gasteiger partial charge in [-0.3, -0.25) is 14.9 Å². The van der Waals surface area contributed by atoms with Crippen molar-refractivity contribution in [3.8, 4) is 11.1 Å². The number of hydrogen-bond acceptors (Lipinski definition) is 3. The Bertz CT molecular complexity index is 785. The highest BCUT2D eigenvalue weighted by atomic mass is 15.2. The maximum atomic E-state index is 4.60. The van der Waals surface area contributed by atoms with Gasteiger partial charge in [-0.2, -0.15) is 0 Å². The summed E-state index contributed by atoms with van der Waals surface area (Å²) in [6.07, 6.45) is 9.40. The number of hydrogen-bond donors (Lipinski definition) is 0. The van der Waals surface area contributed by atoms with E-state index in [0.717, 1.165) is 13.1 Å². The molecule has 3 heterocycles. The average Bonchev–Trinajstić information content (AvgIpc) is 2.70. The van der Waals surface area contributed by atoms with Crippen LogP contribution in [0.25, 0.3) is 11.1 Å². The molecule has 1 aliphatic rings. The Kier molecular flexibility index (Phi) is 4.84. The third kappa shape index (κ3) is 3.77. The van der Waals surface area contributed by atoms with Gasteiger partial charge in [0.1, 0.15) is 0 Å². The van der Waals surface area contributed by atoms with Crippen molar-refractivity contribution in [1.29, 1.82) is 0 Å². The largest absolute Gasteiger partial charge is 0.291 e. The van der Waals surface area contributed by atoms with Crippen LogP contribution in [0.1, 0.15) is 36.6 Å². The lowest BCUT2D eigenvalue weighted by Gasteiger charge is -2.35. The summed E-state index contributed by atoms with van der Waals surface area (Å²) in [7, 11) is 0. The van der Waals surface area contributed by atoms with Crippen LogP contribution in [0.5, 0.6) is 0 Å². The molecule has 0 saturated carbocycles. The van der Waals surface area contributed by atoms with Crippen LogP contribution in [0, 0.1) is 0 Å². The molecule has 1 saturated heterocycles. The molecule has 0 spiro atoms. The van der Waals surface area contributed by atoms with Gasteiger partial charge in [-0.15, -0.1) is 0 Å². The first-order chi connectivity index (χ1) is 12.4. The first kappa shape index (κ1) is 16.0. The Morgan fingerprint density at radius 2 is 1.80 bits per heavy atom. The molecule has 0 amide bonds. The summed E-state index contributed by atoms with van der Waals surface area (Å²) in [6, 6.07) is 19.7. The summed E-state index contributed by atoms with van der Waals surface area (Å²) in [5.74, 6) is 0. The van der Waals surface area contributed by atoms with Crippen molar-refractivity contribution in [2.75, 3.05) is 6.54 Å². The first-order valence-electron chi connectivity index (χ1n) is 9.04. The van der Waals surface area contributed by atoms with Crippen molar-refractivity contribution in [3.05, 3.63) is 84.4 Å². The highest BCUT2D eigenvalue weighted by molar-refractivity contribution is 5.62.